The maximum absolute atomic E-state index is 11.4. The summed E-state index contributed by atoms with van der Waals surface area (Å²) in [6.45, 7) is 4.64. The van der Waals surface area contributed by atoms with E-state index < -0.39 is 8.07 Å². The first-order valence-electron chi connectivity index (χ1n) is 6.96. The topological polar surface area (TPSA) is 26.3 Å². The summed E-state index contributed by atoms with van der Waals surface area (Å²) in [5.74, 6) is -0.301. The first-order chi connectivity index (χ1) is 10.0. The van der Waals surface area contributed by atoms with E-state index in [-0.39, 0.29) is 5.97 Å². The molecule has 0 bridgehead atoms. The van der Waals surface area contributed by atoms with Crippen LogP contribution in [-0.2, 0) is 4.74 Å². The van der Waals surface area contributed by atoms with E-state index in [2.05, 4.69) is 49.1 Å². The van der Waals surface area contributed by atoms with E-state index in [1.54, 1.807) is 12.1 Å². The largest absolute Gasteiger partial charge is 0.465 e. The number of carbonyl (C=O) groups excluding carboxylic acids is 1. The van der Waals surface area contributed by atoms with Gasteiger partial charge in [0.2, 0.25) is 0 Å². The lowest BCUT2D eigenvalue weighted by molar-refractivity contribution is 0.0601. The fourth-order valence-corrected chi connectivity index (χ4v) is 3.97. The molecule has 0 fully saturated rings. The molecule has 2 aromatic rings. The van der Waals surface area contributed by atoms with Crippen molar-refractivity contribution in [2.24, 2.45) is 0 Å². The summed E-state index contributed by atoms with van der Waals surface area (Å²) in [4.78, 5) is 11.4. The van der Waals surface area contributed by atoms with Crippen molar-refractivity contribution in [3.63, 3.8) is 0 Å². The Balaban J connectivity index is 2.15. The van der Waals surface area contributed by atoms with Gasteiger partial charge in [-0.2, -0.15) is 0 Å². The van der Waals surface area contributed by atoms with Crippen molar-refractivity contribution >= 4 is 25.3 Å². The molecule has 0 saturated carbocycles. The third-order valence-corrected chi connectivity index (χ3v) is 6.36. The monoisotopic (exact) mass is 296 g/mol. The van der Waals surface area contributed by atoms with Crippen LogP contribution in [0, 0.1) is 0 Å². The van der Waals surface area contributed by atoms with Gasteiger partial charge in [0.05, 0.1) is 12.7 Å². The van der Waals surface area contributed by atoms with Crippen LogP contribution in [0.4, 0.5) is 0 Å². The fourth-order valence-electron chi connectivity index (χ4n) is 2.12. The van der Waals surface area contributed by atoms with Gasteiger partial charge in [-0.1, -0.05) is 72.5 Å². The molecule has 0 N–H and O–H groups in total. The molecule has 0 atom stereocenters. The Morgan fingerprint density at radius 2 is 1.62 bits per heavy atom. The predicted molar refractivity (Wildman–Crippen MR) is 90.4 cm³/mol. The Bertz CT molecular complexity index is 628. The predicted octanol–water partition coefficient (Wildman–Crippen LogP) is 3.64. The lowest BCUT2D eigenvalue weighted by Gasteiger charge is -2.18. The zero-order valence-electron chi connectivity index (χ0n) is 12.7. The van der Waals surface area contributed by atoms with Crippen LogP contribution < -0.4 is 5.19 Å². The summed E-state index contributed by atoms with van der Waals surface area (Å²) in [7, 11) is -0.184. The second-order valence-corrected chi connectivity index (χ2v) is 9.89. The molecule has 0 amide bonds. The Kier molecular flexibility index (Phi) is 4.76. The second-order valence-electron chi connectivity index (χ2n) is 5.53. The molecule has 0 aliphatic rings. The molecule has 0 radical (unpaired) electrons. The van der Waals surface area contributed by atoms with Crippen LogP contribution in [0.25, 0.3) is 6.08 Å². The van der Waals surface area contributed by atoms with E-state index in [9.17, 15) is 4.79 Å². The fraction of sp³-hybridized carbons (Fsp3) is 0.167. The lowest BCUT2D eigenvalue weighted by Crippen LogP contribution is -2.39. The number of ether oxygens (including phenoxy) is 1. The molecule has 108 valence electrons. The third-order valence-electron chi connectivity index (χ3n) is 3.54. The molecule has 3 heteroatoms. The molecule has 0 aliphatic carbocycles. The molecule has 21 heavy (non-hydrogen) atoms. The van der Waals surface area contributed by atoms with Crippen LogP contribution in [0.5, 0.6) is 0 Å². The quantitative estimate of drug-likeness (QED) is 0.636. The Labute approximate surface area is 127 Å². The van der Waals surface area contributed by atoms with Gasteiger partial charge in [0.15, 0.2) is 0 Å². The van der Waals surface area contributed by atoms with E-state index in [0.717, 1.165) is 5.56 Å². The maximum Gasteiger partial charge on any atom is 0.337 e. The molecule has 0 saturated heterocycles. The van der Waals surface area contributed by atoms with Gasteiger partial charge in [0.25, 0.3) is 0 Å². The third kappa shape index (κ3) is 3.92. The minimum atomic E-state index is -1.58. The zero-order chi connectivity index (χ0) is 15.3. The van der Waals surface area contributed by atoms with Crippen molar-refractivity contribution in [3.05, 3.63) is 71.4 Å². The van der Waals surface area contributed by atoms with Crippen LogP contribution in [0.15, 0.2) is 60.3 Å². The molecular formula is C18H20O2Si. The van der Waals surface area contributed by atoms with Gasteiger partial charge in [-0.15, -0.1) is 0 Å². The Morgan fingerprint density at radius 1 is 1.00 bits per heavy atom. The lowest BCUT2D eigenvalue weighted by atomic mass is 10.1. The number of hydrogen-bond acceptors (Lipinski definition) is 2. The summed E-state index contributed by atoms with van der Waals surface area (Å²) < 4.78 is 4.70. The molecule has 2 aromatic carbocycles. The minimum absolute atomic E-state index is 0.301. The van der Waals surface area contributed by atoms with Gasteiger partial charge in [-0.25, -0.2) is 4.79 Å². The van der Waals surface area contributed by atoms with Gasteiger partial charge < -0.3 is 4.74 Å². The number of esters is 1. The van der Waals surface area contributed by atoms with Crippen LogP contribution in [-0.4, -0.2) is 21.2 Å². The van der Waals surface area contributed by atoms with Crippen molar-refractivity contribution in [1.82, 2.24) is 0 Å². The molecular weight excluding hydrogens is 276 g/mol. The minimum Gasteiger partial charge on any atom is -0.465 e. The van der Waals surface area contributed by atoms with Gasteiger partial charge in [0.1, 0.15) is 8.07 Å². The molecule has 0 spiro atoms. The zero-order valence-corrected chi connectivity index (χ0v) is 13.7. The van der Waals surface area contributed by atoms with Gasteiger partial charge in [-0.3, -0.25) is 0 Å². The van der Waals surface area contributed by atoms with Gasteiger partial charge >= 0.3 is 5.97 Å². The van der Waals surface area contributed by atoms with Crippen molar-refractivity contribution in [1.29, 1.82) is 0 Å². The number of rotatable bonds is 4. The van der Waals surface area contributed by atoms with Crippen LogP contribution in [0.1, 0.15) is 15.9 Å². The molecule has 0 heterocycles. The van der Waals surface area contributed by atoms with Gasteiger partial charge in [0, 0.05) is 0 Å². The van der Waals surface area contributed by atoms with Crippen molar-refractivity contribution in [2.75, 3.05) is 7.11 Å². The molecule has 0 unspecified atom stereocenters. The molecule has 0 aliphatic heterocycles. The highest BCUT2D eigenvalue weighted by molar-refractivity contribution is 6.94. The SMILES string of the molecule is COC(=O)c1ccc(/C=C/[Si](C)(C)c2ccccc2)cc1. The van der Waals surface area contributed by atoms with Gasteiger partial charge in [-0.05, 0) is 17.7 Å². The first kappa shape index (κ1) is 15.3. The summed E-state index contributed by atoms with van der Waals surface area (Å²) in [6, 6.07) is 18.1. The average Bonchev–Trinajstić information content (AvgIpc) is 2.53. The van der Waals surface area contributed by atoms with E-state index in [1.165, 1.54) is 12.3 Å². The van der Waals surface area contributed by atoms with E-state index in [0.29, 0.717) is 5.56 Å². The van der Waals surface area contributed by atoms with Crippen molar-refractivity contribution in [3.8, 4) is 0 Å². The molecule has 2 nitrogen and oxygen atoms in total. The number of carbonyl (C=O) groups is 1. The summed E-state index contributed by atoms with van der Waals surface area (Å²) in [5.41, 5.74) is 3.99. The normalized spacial score (nSPS) is 11.6. The summed E-state index contributed by atoms with van der Waals surface area (Å²) in [6.07, 6.45) is 2.14. The van der Waals surface area contributed by atoms with Crippen LogP contribution in [0.3, 0.4) is 0 Å². The molecule has 2 rings (SSSR count). The number of methoxy groups -OCH3 is 1. The highest BCUT2D eigenvalue weighted by atomic mass is 28.3. The summed E-state index contributed by atoms with van der Waals surface area (Å²) in [5, 5.41) is 1.41. The van der Waals surface area contributed by atoms with E-state index in [4.69, 9.17) is 4.74 Å². The highest BCUT2D eigenvalue weighted by Crippen LogP contribution is 2.11. The summed E-state index contributed by atoms with van der Waals surface area (Å²) >= 11 is 0. The second kappa shape index (κ2) is 6.55. The standard InChI is InChI=1S/C18H20O2Si/c1-20-18(19)16-11-9-15(10-12-16)13-14-21(2,3)17-7-5-4-6-8-17/h4-14H,1-3H3/b14-13+. The first-order valence-corrected chi connectivity index (χ1v) is 10.0. The van der Waals surface area contributed by atoms with Crippen molar-refractivity contribution in [2.45, 2.75) is 13.1 Å². The number of hydrogen-bond donors (Lipinski definition) is 0. The Hall–Kier alpha value is -2.13. The van der Waals surface area contributed by atoms with E-state index >= 15 is 0 Å². The van der Waals surface area contributed by atoms with Crippen LogP contribution >= 0.6 is 0 Å². The Morgan fingerprint density at radius 3 is 2.19 bits per heavy atom. The van der Waals surface area contributed by atoms with Crippen molar-refractivity contribution < 1.29 is 9.53 Å². The smallest absolute Gasteiger partial charge is 0.337 e. The maximum atomic E-state index is 11.4. The average molecular weight is 296 g/mol. The highest BCUT2D eigenvalue weighted by Gasteiger charge is 2.18. The number of benzene rings is 2. The van der Waals surface area contributed by atoms with Crippen LogP contribution in [0.2, 0.25) is 13.1 Å². The molecule has 0 aromatic heterocycles. The van der Waals surface area contributed by atoms with E-state index in [1.807, 2.05) is 18.2 Å².